The van der Waals surface area contributed by atoms with Gasteiger partial charge in [-0.1, -0.05) is 17.7 Å². The number of aryl methyl sites for hydroxylation is 1. The van der Waals surface area contributed by atoms with Crippen LogP contribution in [0.25, 0.3) is 0 Å². The van der Waals surface area contributed by atoms with E-state index in [0.29, 0.717) is 12.1 Å². The minimum Gasteiger partial charge on any atom is -0.369 e. The molecule has 1 aliphatic heterocycles. The van der Waals surface area contributed by atoms with E-state index in [2.05, 4.69) is 72.5 Å². The molecule has 2 aliphatic rings. The quantitative estimate of drug-likeness (QED) is 0.581. The zero-order chi connectivity index (χ0) is 18.5. The second-order valence-electron chi connectivity index (χ2n) is 7.88. The van der Waals surface area contributed by atoms with Crippen LogP contribution in [0.4, 0.5) is 5.69 Å². The summed E-state index contributed by atoms with van der Waals surface area (Å²) in [5.41, 5.74) is 2.64. The Kier molecular flexibility index (Phi) is 6.41. The van der Waals surface area contributed by atoms with Crippen LogP contribution in [0.1, 0.15) is 38.7 Å². The van der Waals surface area contributed by atoms with Crippen molar-refractivity contribution in [2.75, 3.05) is 38.1 Å². The number of aliphatic imine (C=N–C) groups is 1. The Morgan fingerprint density at radius 2 is 2.00 bits per heavy atom. The van der Waals surface area contributed by atoms with Crippen LogP contribution in [0.5, 0.6) is 0 Å². The number of nitrogens with one attached hydrogen (secondary N) is 2. The van der Waals surface area contributed by atoms with Gasteiger partial charge in [-0.2, -0.15) is 0 Å². The molecule has 2 unspecified atom stereocenters. The molecule has 1 aromatic carbocycles. The zero-order valence-electron chi connectivity index (χ0n) is 16.8. The molecule has 5 nitrogen and oxygen atoms in total. The SMILES string of the molecule is CCNC(=NCC(C)N(C)C1CC1)NC1CCN(c2ccc(C)cc2)C1. The maximum Gasteiger partial charge on any atom is 0.191 e. The Hall–Kier alpha value is -1.75. The van der Waals surface area contributed by atoms with Crippen molar-refractivity contribution in [3.05, 3.63) is 29.8 Å². The lowest BCUT2D eigenvalue weighted by Crippen LogP contribution is -2.45. The topological polar surface area (TPSA) is 42.9 Å². The molecule has 144 valence electrons. The molecule has 1 aliphatic carbocycles. The maximum absolute atomic E-state index is 4.85. The standard InChI is InChI=1S/C21H35N5/c1-5-22-21(23-14-17(3)25(4)19-10-11-19)24-18-12-13-26(15-18)20-8-6-16(2)7-9-20/h6-9,17-19H,5,10-15H2,1-4H3,(H2,22,23,24). The molecule has 0 bridgehead atoms. The lowest BCUT2D eigenvalue weighted by atomic mass is 10.2. The van der Waals surface area contributed by atoms with Crippen molar-refractivity contribution < 1.29 is 0 Å². The fraction of sp³-hybridized carbons (Fsp3) is 0.667. The summed E-state index contributed by atoms with van der Waals surface area (Å²) in [6.07, 6.45) is 3.84. The van der Waals surface area contributed by atoms with E-state index in [1.54, 1.807) is 0 Å². The van der Waals surface area contributed by atoms with E-state index in [4.69, 9.17) is 4.99 Å². The van der Waals surface area contributed by atoms with E-state index in [0.717, 1.165) is 44.6 Å². The molecule has 0 radical (unpaired) electrons. The Bertz CT molecular complexity index is 593. The van der Waals surface area contributed by atoms with Crippen LogP contribution < -0.4 is 15.5 Å². The van der Waals surface area contributed by atoms with Gasteiger partial charge in [-0.05, 0) is 59.2 Å². The van der Waals surface area contributed by atoms with Crippen LogP contribution in [0.15, 0.2) is 29.3 Å². The molecular formula is C21H35N5. The first kappa shape index (κ1) is 19.0. The Labute approximate surface area is 158 Å². The summed E-state index contributed by atoms with van der Waals surface area (Å²) >= 11 is 0. The molecule has 2 fully saturated rings. The lowest BCUT2D eigenvalue weighted by Gasteiger charge is -2.24. The highest BCUT2D eigenvalue weighted by atomic mass is 15.3. The summed E-state index contributed by atoms with van der Waals surface area (Å²) in [4.78, 5) is 9.79. The van der Waals surface area contributed by atoms with Crippen LogP contribution in [-0.2, 0) is 0 Å². The van der Waals surface area contributed by atoms with Gasteiger partial charge in [0.15, 0.2) is 5.96 Å². The molecule has 1 saturated carbocycles. The van der Waals surface area contributed by atoms with E-state index in [1.807, 2.05) is 0 Å². The van der Waals surface area contributed by atoms with Crippen molar-refractivity contribution in [3.63, 3.8) is 0 Å². The van der Waals surface area contributed by atoms with Gasteiger partial charge in [-0.25, -0.2) is 0 Å². The average Bonchev–Trinajstić information content (AvgIpc) is 3.39. The summed E-state index contributed by atoms with van der Waals surface area (Å²) in [7, 11) is 2.23. The van der Waals surface area contributed by atoms with Crippen molar-refractivity contribution in [1.29, 1.82) is 0 Å². The summed E-state index contributed by atoms with van der Waals surface area (Å²) < 4.78 is 0. The van der Waals surface area contributed by atoms with Gasteiger partial charge in [0.1, 0.15) is 0 Å². The third-order valence-corrected chi connectivity index (χ3v) is 5.60. The van der Waals surface area contributed by atoms with Crippen LogP contribution in [0, 0.1) is 6.92 Å². The highest BCUT2D eigenvalue weighted by molar-refractivity contribution is 5.80. The molecular weight excluding hydrogens is 322 g/mol. The fourth-order valence-electron chi connectivity index (χ4n) is 3.58. The smallest absolute Gasteiger partial charge is 0.191 e. The van der Waals surface area contributed by atoms with E-state index in [1.165, 1.54) is 24.1 Å². The molecule has 1 saturated heterocycles. The van der Waals surface area contributed by atoms with Crippen molar-refractivity contribution >= 4 is 11.6 Å². The van der Waals surface area contributed by atoms with Crippen LogP contribution in [0.2, 0.25) is 0 Å². The van der Waals surface area contributed by atoms with E-state index in [9.17, 15) is 0 Å². The maximum atomic E-state index is 4.85. The van der Waals surface area contributed by atoms with Gasteiger partial charge in [0.25, 0.3) is 0 Å². The van der Waals surface area contributed by atoms with Gasteiger partial charge in [0.2, 0.25) is 0 Å². The van der Waals surface area contributed by atoms with Crippen LogP contribution >= 0.6 is 0 Å². The normalized spacial score (nSPS) is 22.0. The van der Waals surface area contributed by atoms with Gasteiger partial charge in [-0.15, -0.1) is 0 Å². The molecule has 1 aromatic rings. The number of hydrogen-bond acceptors (Lipinski definition) is 3. The van der Waals surface area contributed by atoms with Gasteiger partial charge < -0.3 is 15.5 Å². The summed E-state index contributed by atoms with van der Waals surface area (Å²) in [5, 5.41) is 7.06. The lowest BCUT2D eigenvalue weighted by molar-refractivity contribution is 0.253. The molecule has 2 N–H and O–H groups in total. The predicted molar refractivity (Wildman–Crippen MR) is 111 cm³/mol. The average molecular weight is 358 g/mol. The Morgan fingerprint density at radius 3 is 2.65 bits per heavy atom. The van der Waals surface area contributed by atoms with Crippen LogP contribution in [-0.4, -0.2) is 62.2 Å². The summed E-state index contributed by atoms with van der Waals surface area (Å²) in [6.45, 7) is 10.4. The summed E-state index contributed by atoms with van der Waals surface area (Å²) in [6, 6.07) is 10.6. The molecule has 26 heavy (non-hydrogen) atoms. The largest absolute Gasteiger partial charge is 0.369 e. The van der Waals surface area contributed by atoms with E-state index < -0.39 is 0 Å². The number of anilines is 1. The first-order valence-electron chi connectivity index (χ1n) is 10.1. The minimum absolute atomic E-state index is 0.450. The first-order chi connectivity index (χ1) is 12.6. The Balaban J connectivity index is 1.52. The third kappa shape index (κ3) is 5.13. The van der Waals surface area contributed by atoms with Gasteiger partial charge >= 0.3 is 0 Å². The second-order valence-corrected chi connectivity index (χ2v) is 7.88. The molecule has 0 aromatic heterocycles. The van der Waals surface area contributed by atoms with Crippen molar-refractivity contribution in [2.24, 2.45) is 4.99 Å². The number of benzene rings is 1. The highest BCUT2D eigenvalue weighted by Gasteiger charge is 2.29. The van der Waals surface area contributed by atoms with Crippen molar-refractivity contribution in [2.45, 2.75) is 58.2 Å². The molecule has 2 atom stereocenters. The first-order valence-corrected chi connectivity index (χ1v) is 10.1. The molecule has 3 rings (SSSR count). The molecule has 0 amide bonds. The van der Waals surface area contributed by atoms with Crippen molar-refractivity contribution in [3.8, 4) is 0 Å². The number of hydrogen-bond donors (Lipinski definition) is 2. The monoisotopic (exact) mass is 357 g/mol. The predicted octanol–water partition coefficient (Wildman–Crippen LogP) is 2.61. The van der Waals surface area contributed by atoms with Gasteiger partial charge in [-0.3, -0.25) is 9.89 Å². The van der Waals surface area contributed by atoms with E-state index >= 15 is 0 Å². The van der Waals surface area contributed by atoms with Crippen molar-refractivity contribution in [1.82, 2.24) is 15.5 Å². The summed E-state index contributed by atoms with van der Waals surface area (Å²) in [5.74, 6) is 0.958. The molecule has 0 spiro atoms. The zero-order valence-corrected chi connectivity index (χ0v) is 16.8. The number of nitrogens with zero attached hydrogens (tertiary/aromatic N) is 3. The fourth-order valence-corrected chi connectivity index (χ4v) is 3.58. The molecule has 5 heteroatoms. The second kappa shape index (κ2) is 8.76. The number of rotatable bonds is 7. The van der Waals surface area contributed by atoms with E-state index in [-0.39, 0.29) is 0 Å². The van der Waals surface area contributed by atoms with Gasteiger partial charge in [0, 0.05) is 43.4 Å². The third-order valence-electron chi connectivity index (χ3n) is 5.60. The highest BCUT2D eigenvalue weighted by Crippen LogP contribution is 2.27. The van der Waals surface area contributed by atoms with Crippen LogP contribution in [0.3, 0.4) is 0 Å². The van der Waals surface area contributed by atoms with Gasteiger partial charge in [0.05, 0.1) is 6.54 Å². The number of likely N-dealkylation sites (N-methyl/N-ethyl adjacent to an activating group) is 1. The minimum atomic E-state index is 0.450. The molecule has 1 heterocycles. The Morgan fingerprint density at radius 1 is 1.27 bits per heavy atom. The number of guanidine groups is 1.